The van der Waals surface area contributed by atoms with Gasteiger partial charge in [-0.2, -0.15) is 0 Å². The van der Waals surface area contributed by atoms with Gasteiger partial charge < -0.3 is 24.1 Å². The van der Waals surface area contributed by atoms with Crippen LogP contribution in [0.15, 0.2) is 30.5 Å². The van der Waals surface area contributed by atoms with Crippen molar-refractivity contribution in [2.24, 2.45) is 0 Å². The fourth-order valence-electron chi connectivity index (χ4n) is 5.11. The molecule has 1 fully saturated rings. The summed E-state index contributed by atoms with van der Waals surface area (Å²) in [7, 11) is -1.16. The molecule has 0 spiro atoms. The molecule has 0 bridgehead atoms. The number of aryl methyl sites for hydroxylation is 1. The lowest BCUT2D eigenvalue weighted by Crippen LogP contribution is -2.23. The number of aromatic nitrogens is 3. The smallest absolute Gasteiger partial charge is 0.192 e. The molecule has 0 amide bonds. The molecule has 8 heteroatoms. The first-order valence-corrected chi connectivity index (χ1v) is 16.4. The summed E-state index contributed by atoms with van der Waals surface area (Å²) < 4.78 is 22.7. The number of hydrogen-bond donors (Lipinski definition) is 1. The normalized spacial score (nSPS) is 16.7. The molecule has 2 aliphatic heterocycles. The Morgan fingerprint density at radius 1 is 1.14 bits per heavy atom. The molecule has 0 radical (unpaired) electrons. The van der Waals surface area contributed by atoms with E-state index < -0.39 is 13.9 Å². The van der Waals surface area contributed by atoms with Crippen LogP contribution >= 0.6 is 0 Å². The highest BCUT2D eigenvalue weighted by Gasteiger charge is 2.34. The van der Waals surface area contributed by atoms with Crippen LogP contribution in [-0.4, -0.2) is 42.0 Å². The Bertz CT molecular complexity index is 1200. The fourth-order valence-corrected chi connectivity index (χ4v) is 5.87. The minimum Gasteiger partial charge on any atom is -0.364 e. The van der Waals surface area contributed by atoms with Crippen LogP contribution in [0.1, 0.15) is 36.5 Å². The first-order valence-electron chi connectivity index (χ1n) is 12.7. The van der Waals surface area contributed by atoms with E-state index in [1.807, 2.05) is 13.1 Å². The van der Waals surface area contributed by atoms with Gasteiger partial charge in [-0.15, -0.1) is 0 Å². The number of anilines is 1. The zero-order valence-electron chi connectivity index (χ0n) is 21.9. The van der Waals surface area contributed by atoms with Crippen molar-refractivity contribution in [2.45, 2.75) is 71.9 Å². The second-order valence-electron chi connectivity index (χ2n) is 10.9. The van der Waals surface area contributed by atoms with Gasteiger partial charge in [0.2, 0.25) is 0 Å². The molecular weight excluding hydrogens is 456 g/mol. The van der Waals surface area contributed by atoms with Crippen LogP contribution in [0.5, 0.6) is 0 Å². The average molecular weight is 495 g/mol. The van der Waals surface area contributed by atoms with E-state index in [2.05, 4.69) is 77.2 Å². The number of imidazole rings is 1. The van der Waals surface area contributed by atoms with Gasteiger partial charge in [-0.05, 0) is 31.9 Å². The molecule has 0 aliphatic carbocycles. The van der Waals surface area contributed by atoms with E-state index in [4.69, 9.17) is 14.2 Å². The molecule has 1 aromatic carbocycles. The van der Waals surface area contributed by atoms with E-state index in [1.165, 1.54) is 22.6 Å². The van der Waals surface area contributed by atoms with Crippen LogP contribution < -0.4 is 5.32 Å². The van der Waals surface area contributed by atoms with Gasteiger partial charge in [-0.3, -0.25) is 4.57 Å². The summed E-state index contributed by atoms with van der Waals surface area (Å²) in [6.45, 7) is 16.8. The van der Waals surface area contributed by atoms with Gasteiger partial charge in [-0.1, -0.05) is 50.8 Å². The van der Waals surface area contributed by atoms with Crippen molar-refractivity contribution in [2.75, 3.05) is 25.1 Å². The topological polar surface area (TPSA) is 62.5 Å². The van der Waals surface area contributed by atoms with E-state index in [9.17, 15) is 0 Å². The molecule has 7 nitrogen and oxygen atoms in total. The fraction of sp³-hybridized carbons (Fsp3) is 0.519. The van der Waals surface area contributed by atoms with Gasteiger partial charge in [0.25, 0.3) is 0 Å². The van der Waals surface area contributed by atoms with Crippen molar-refractivity contribution in [3.8, 4) is 16.9 Å². The molecule has 188 valence electrons. The maximum atomic E-state index is 6.30. The Labute approximate surface area is 209 Å². The molecule has 2 aromatic heterocycles. The van der Waals surface area contributed by atoms with Crippen LogP contribution in [0, 0.1) is 6.92 Å². The molecule has 1 saturated heterocycles. The molecule has 0 unspecified atom stereocenters. The highest BCUT2D eigenvalue weighted by Crippen LogP contribution is 2.42. The predicted octanol–water partition coefficient (Wildman–Crippen LogP) is 5.67. The van der Waals surface area contributed by atoms with Gasteiger partial charge in [0.1, 0.15) is 18.4 Å². The Morgan fingerprint density at radius 2 is 1.86 bits per heavy atom. The number of nitrogens with zero attached hydrogens (tertiary/aromatic N) is 3. The van der Waals surface area contributed by atoms with Crippen molar-refractivity contribution < 1.29 is 14.2 Å². The lowest BCUT2D eigenvalue weighted by Gasteiger charge is -2.23. The van der Waals surface area contributed by atoms with Gasteiger partial charge in [0, 0.05) is 25.8 Å². The Morgan fingerprint density at radius 3 is 2.51 bits per heavy atom. The Kier molecular flexibility index (Phi) is 6.42. The summed E-state index contributed by atoms with van der Waals surface area (Å²) in [6.07, 6.45) is 2.88. The zero-order chi connectivity index (χ0) is 24.8. The third kappa shape index (κ3) is 4.48. The van der Waals surface area contributed by atoms with Gasteiger partial charge in [-0.25, -0.2) is 4.98 Å². The van der Waals surface area contributed by atoms with Crippen LogP contribution in [0.3, 0.4) is 0 Å². The number of fused-ring (bicyclic) bond motifs is 3. The van der Waals surface area contributed by atoms with Crippen molar-refractivity contribution in [3.63, 3.8) is 0 Å². The molecule has 0 atom stereocenters. The SMILES string of the molecule is CCc1c2c(n(COCC[Si](C)(C)C)c1-c1ccc(C3(C)OCCO3)cc1)NCc1cnc(C)n1-2. The molecule has 4 heterocycles. The maximum absolute atomic E-state index is 6.30. The molecule has 35 heavy (non-hydrogen) atoms. The zero-order valence-corrected chi connectivity index (χ0v) is 22.9. The van der Waals surface area contributed by atoms with E-state index in [0.29, 0.717) is 19.9 Å². The summed E-state index contributed by atoms with van der Waals surface area (Å²) in [5, 5.41) is 3.68. The minimum absolute atomic E-state index is 0.518. The van der Waals surface area contributed by atoms with Gasteiger partial charge in [0.05, 0.1) is 43.0 Å². The molecule has 2 aliphatic rings. The van der Waals surface area contributed by atoms with Crippen molar-refractivity contribution in [1.29, 1.82) is 0 Å². The van der Waals surface area contributed by atoms with Crippen LogP contribution in [0.25, 0.3) is 16.9 Å². The van der Waals surface area contributed by atoms with Gasteiger partial charge >= 0.3 is 0 Å². The Hall–Kier alpha value is -2.39. The molecule has 5 rings (SSSR count). The number of hydrogen-bond acceptors (Lipinski definition) is 5. The third-order valence-electron chi connectivity index (χ3n) is 7.10. The van der Waals surface area contributed by atoms with E-state index in [0.717, 1.165) is 48.4 Å². The first-order chi connectivity index (χ1) is 16.7. The van der Waals surface area contributed by atoms with Crippen molar-refractivity contribution in [3.05, 3.63) is 53.1 Å². The van der Waals surface area contributed by atoms with Crippen molar-refractivity contribution in [1.82, 2.24) is 14.1 Å². The number of benzene rings is 1. The summed E-state index contributed by atoms with van der Waals surface area (Å²) in [5.41, 5.74) is 7.09. The van der Waals surface area contributed by atoms with Crippen molar-refractivity contribution >= 4 is 13.9 Å². The largest absolute Gasteiger partial charge is 0.364 e. The van der Waals surface area contributed by atoms with Gasteiger partial charge in [0.15, 0.2) is 5.79 Å². The summed E-state index contributed by atoms with van der Waals surface area (Å²) in [4.78, 5) is 4.61. The van der Waals surface area contributed by atoms with E-state index in [1.54, 1.807) is 0 Å². The number of nitrogens with one attached hydrogen (secondary N) is 1. The molecule has 3 aromatic rings. The van der Waals surface area contributed by atoms with Crippen LogP contribution in [0.4, 0.5) is 5.82 Å². The number of ether oxygens (including phenoxy) is 3. The van der Waals surface area contributed by atoms with E-state index >= 15 is 0 Å². The maximum Gasteiger partial charge on any atom is 0.192 e. The second kappa shape index (κ2) is 9.24. The standard InChI is InChI=1S/C27H38N4O3Si/c1-7-23-24(20-8-10-21(11-9-20)27(3)33-12-13-34-27)30(18-32-14-15-35(4,5)6)26-25(23)31-19(2)28-16-22(31)17-29-26/h8-11,16,29H,7,12-15,17-18H2,1-6H3. The first kappa shape index (κ1) is 24.3. The summed E-state index contributed by atoms with van der Waals surface area (Å²) >= 11 is 0. The third-order valence-corrected chi connectivity index (χ3v) is 8.80. The minimum atomic E-state index is -1.16. The molecular formula is C27H38N4O3Si. The van der Waals surface area contributed by atoms with E-state index in [-0.39, 0.29) is 0 Å². The lowest BCUT2D eigenvalue weighted by molar-refractivity contribution is -0.149. The molecule has 0 saturated carbocycles. The highest BCUT2D eigenvalue weighted by atomic mass is 28.3. The second-order valence-corrected chi connectivity index (χ2v) is 16.5. The van der Waals surface area contributed by atoms with Crippen LogP contribution in [0.2, 0.25) is 25.7 Å². The monoisotopic (exact) mass is 494 g/mol. The predicted molar refractivity (Wildman–Crippen MR) is 142 cm³/mol. The highest BCUT2D eigenvalue weighted by molar-refractivity contribution is 6.76. The summed E-state index contributed by atoms with van der Waals surface area (Å²) in [6, 6.07) is 9.78. The molecule has 1 N–H and O–H groups in total. The number of rotatable bonds is 8. The lowest BCUT2D eigenvalue weighted by atomic mass is 10.0. The van der Waals surface area contributed by atoms with Crippen LogP contribution in [-0.2, 0) is 39.7 Å². The Balaban J connectivity index is 1.58. The quantitative estimate of drug-likeness (QED) is 0.323. The average Bonchev–Trinajstić information content (AvgIpc) is 3.52. The summed E-state index contributed by atoms with van der Waals surface area (Å²) in [5.74, 6) is 1.45.